The van der Waals surface area contributed by atoms with Crippen molar-refractivity contribution in [2.24, 2.45) is 0 Å². The molecule has 0 radical (unpaired) electrons. The van der Waals surface area contributed by atoms with Crippen molar-refractivity contribution in [3.63, 3.8) is 0 Å². The zero-order valence-corrected chi connectivity index (χ0v) is 19.3. The first-order valence-electron chi connectivity index (χ1n) is 10.3. The van der Waals surface area contributed by atoms with E-state index in [0.717, 1.165) is 34.5 Å². The lowest BCUT2D eigenvalue weighted by molar-refractivity contribution is -0.113. The molecule has 0 unspecified atom stereocenters. The fourth-order valence-electron chi connectivity index (χ4n) is 4.01. The van der Waals surface area contributed by atoms with Crippen molar-refractivity contribution in [1.29, 1.82) is 0 Å². The Morgan fingerprint density at radius 1 is 1.19 bits per heavy atom. The first-order chi connectivity index (χ1) is 15.5. The number of anilines is 1. The quantitative estimate of drug-likeness (QED) is 0.349. The highest BCUT2D eigenvalue weighted by Gasteiger charge is 2.22. The lowest BCUT2D eigenvalue weighted by atomic mass is 9.97. The van der Waals surface area contributed by atoms with Gasteiger partial charge in [-0.15, -0.1) is 21.5 Å². The lowest BCUT2D eigenvalue weighted by Crippen LogP contribution is -2.14. The summed E-state index contributed by atoms with van der Waals surface area (Å²) in [5, 5.41) is 13.4. The molecule has 1 N–H and O–H groups in total. The van der Waals surface area contributed by atoms with E-state index < -0.39 is 5.97 Å². The van der Waals surface area contributed by atoms with Gasteiger partial charge in [-0.25, -0.2) is 9.78 Å². The van der Waals surface area contributed by atoms with Crippen LogP contribution in [0.3, 0.4) is 0 Å². The summed E-state index contributed by atoms with van der Waals surface area (Å²) in [6.45, 7) is 1.95. The summed E-state index contributed by atoms with van der Waals surface area (Å²) < 4.78 is 6.64. The van der Waals surface area contributed by atoms with E-state index >= 15 is 0 Å². The number of fused-ring (bicyclic) bond motifs is 5. The van der Waals surface area contributed by atoms with Crippen LogP contribution < -0.4 is 5.32 Å². The van der Waals surface area contributed by atoms with Crippen LogP contribution in [-0.2, 0) is 22.4 Å². The average molecular weight is 468 g/mol. The Morgan fingerprint density at radius 2 is 1.97 bits per heavy atom. The number of benzene rings is 1. The molecule has 10 heteroatoms. The summed E-state index contributed by atoms with van der Waals surface area (Å²) >= 11 is 3.09. The summed E-state index contributed by atoms with van der Waals surface area (Å²) in [5.74, 6) is 0.412. The van der Waals surface area contributed by atoms with E-state index in [-0.39, 0.29) is 11.7 Å². The van der Waals surface area contributed by atoms with E-state index in [9.17, 15) is 9.59 Å². The van der Waals surface area contributed by atoms with Crippen LogP contribution in [0.5, 0.6) is 0 Å². The molecule has 1 aliphatic carbocycles. The van der Waals surface area contributed by atoms with Crippen LogP contribution in [0.15, 0.2) is 29.4 Å². The number of carbonyl (C=O) groups is 2. The third-order valence-corrected chi connectivity index (χ3v) is 7.63. The number of aromatic nitrogens is 4. The number of hydrogen-bond donors (Lipinski definition) is 1. The molecular weight excluding hydrogens is 446 g/mol. The number of hydrogen-bond acceptors (Lipinski definition) is 8. The average Bonchev–Trinajstić information content (AvgIpc) is 3.39. The Kier molecular flexibility index (Phi) is 5.56. The molecule has 3 heterocycles. The summed E-state index contributed by atoms with van der Waals surface area (Å²) in [4.78, 5) is 31.3. The van der Waals surface area contributed by atoms with Crippen LogP contribution in [0.25, 0.3) is 15.9 Å². The lowest BCUT2D eigenvalue weighted by Gasteiger charge is -2.10. The van der Waals surface area contributed by atoms with Gasteiger partial charge in [0.25, 0.3) is 0 Å². The monoisotopic (exact) mass is 467 g/mol. The number of nitrogens with one attached hydrogen (secondary N) is 1. The first kappa shape index (κ1) is 20.9. The molecule has 0 saturated heterocycles. The fraction of sp³-hybridized carbons (Fsp3) is 0.318. The van der Waals surface area contributed by atoms with Crippen molar-refractivity contribution in [2.45, 2.75) is 37.8 Å². The van der Waals surface area contributed by atoms with Gasteiger partial charge in [-0.2, -0.15) is 0 Å². The normalized spacial score (nSPS) is 13.3. The highest BCUT2D eigenvalue weighted by Crippen LogP contribution is 2.38. The maximum atomic E-state index is 12.5. The fourth-order valence-corrected chi connectivity index (χ4v) is 6.09. The Bertz CT molecular complexity index is 1340. The minimum absolute atomic E-state index is 0.169. The maximum Gasteiger partial charge on any atom is 0.337 e. The van der Waals surface area contributed by atoms with Gasteiger partial charge >= 0.3 is 5.97 Å². The molecule has 0 aliphatic heterocycles. The zero-order chi connectivity index (χ0) is 22.2. The SMILES string of the molecule is COC(=O)c1ccc(NC(=O)CSc2nnc3c4c5c(sc4nc(C)n23)CCCC5)cc1. The van der Waals surface area contributed by atoms with E-state index in [1.54, 1.807) is 35.6 Å². The molecule has 0 saturated carbocycles. The number of rotatable bonds is 5. The smallest absolute Gasteiger partial charge is 0.337 e. The molecular formula is C22H21N5O3S2. The Labute approximate surface area is 192 Å². The molecule has 1 amide bonds. The molecule has 0 atom stereocenters. The molecule has 0 spiro atoms. The second-order valence-electron chi connectivity index (χ2n) is 7.60. The summed E-state index contributed by atoms with van der Waals surface area (Å²) in [6, 6.07) is 6.57. The van der Waals surface area contributed by atoms with Gasteiger partial charge in [0.15, 0.2) is 10.8 Å². The van der Waals surface area contributed by atoms with Crippen molar-refractivity contribution in [3.05, 3.63) is 46.1 Å². The molecule has 8 nitrogen and oxygen atoms in total. The molecule has 1 aliphatic rings. The molecule has 3 aromatic heterocycles. The molecule has 5 rings (SSSR count). The number of thioether (sulfide) groups is 1. The minimum Gasteiger partial charge on any atom is -0.465 e. The van der Waals surface area contributed by atoms with Crippen LogP contribution in [0, 0.1) is 6.92 Å². The van der Waals surface area contributed by atoms with Crippen LogP contribution in [0.1, 0.15) is 39.5 Å². The number of amides is 1. The second-order valence-corrected chi connectivity index (χ2v) is 9.62. The van der Waals surface area contributed by atoms with E-state index in [4.69, 9.17) is 4.98 Å². The number of methoxy groups -OCH3 is 1. The third kappa shape index (κ3) is 3.73. The molecule has 0 fully saturated rings. The second kappa shape index (κ2) is 8.51. The number of carbonyl (C=O) groups excluding carboxylic acids is 2. The Hall–Kier alpha value is -2.98. The highest BCUT2D eigenvalue weighted by molar-refractivity contribution is 7.99. The van der Waals surface area contributed by atoms with Crippen LogP contribution in [-0.4, -0.2) is 44.3 Å². The van der Waals surface area contributed by atoms with Gasteiger partial charge in [-0.1, -0.05) is 11.8 Å². The number of ether oxygens (including phenoxy) is 1. The van der Waals surface area contributed by atoms with Crippen LogP contribution in [0.2, 0.25) is 0 Å². The standard InChI is InChI=1S/C22H21N5O3S2/c1-12-23-20-18(15-5-3-4-6-16(15)32-20)19-25-26-22(27(12)19)31-11-17(28)24-14-9-7-13(8-10-14)21(29)30-2/h7-10H,3-6,11H2,1-2H3,(H,24,28). The van der Waals surface area contributed by atoms with Gasteiger partial charge in [0.05, 0.1) is 23.8 Å². The topological polar surface area (TPSA) is 98.5 Å². The van der Waals surface area contributed by atoms with Crippen LogP contribution in [0.4, 0.5) is 5.69 Å². The van der Waals surface area contributed by atoms with E-state index in [2.05, 4.69) is 20.3 Å². The zero-order valence-electron chi connectivity index (χ0n) is 17.7. The molecule has 1 aromatic carbocycles. The van der Waals surface area contributed by atoms with Crippen molar-refractivity contribution >= 4 is 56.5 Å². The molecule has 32 heavy (non-hydrogen) atoms. The van der Waals surface area contributed by atoms with Crippen LogP contribution >= 0.6 is 23.1 Å². The van der Waals surface area contributed by atoms with Crippen molar-refractivity contribution in [2.75, 3.05) is 18.2 Å². The van der Waals surface area contributed by atoms with Crippen molar-refractivity contribution in [1.82, 2.24) is 19.6 Å². The summed E-state index contributed by atoms with van der Waals surface area (Å²) in [7, 11) is 1.33. The van der Waals surface area contributed by atoms with Gasteiger partial charge < -0.3 is 10.1 Å². The number of aryl methyl sites for hydroxylation is 3. The predicted octanol–water partition coefficient (Wildman–Crippen LogP) is 4.04. The Morgan fingerprint density at radius 3 is 2.75 bits per heavy atom. The highest BCUT2D eigenvalue weighted by atomic mass is 32.2. The van der Waals surface area contributed by atoms with Gasteiger partial charge in [0, 0.05) is 10.6 Å². The van der Waals surface area contributed by atoms with Gasteiger partial charge in [-0.3, -0.25) is 9.20 Å². The molecule has 4 aromatic rings. The predicted molar refractivity (Wildman–Crippen MR) is 125 cm³/mol. The maximum absolute atomic E-state index is 12.5. The van der Waals surface area contributed by atoms with E-state index in [1.807, 2.05) is 11.3 Å². The van der Waals surface area contributed by atoms with Crippen molar-refractivity contribution < 1.29 is 14.3 Å². The minimum atomic E-state index is -0.415. The molecule has 164 valence electrons. The third-order valence-electron chi connectivity index (χ3n) is 5.52. The molecule has 0 bridgehead atoms. The van der Waals surface area contributed by atoms with Gasteiger partial charge in [0.2, 0.25) is 5.91 Å². The van der Waals surface area contributed by atoms with Gasteiger partial charge in [0.1, 0.15) is 10.7 Å². The summed E-state index contributed by atoms with van der Waals surface area (Å²) in [5.41, 5.74) is 3.23. The van der Waals surface area contributed by atoms with Crippen molar-refractivity contribution in [3.8, 4) is 0 Å². The first-order valence-corrected chi connectivity index (χ1v) is 12.1. The van der Waals surface area contributed by atoms with E-state index in [0.29, 0.717) is 16.4 Å². The van der Waals surface area contributed by atoms with E-state index in [1.165, 1.54) is 42.2 Å². The largest absolute Gasteiger partial charge is 0.465 e. The number of nitrogens with zero attached hydrogens (tertiary/aromatic N) is 4. The number of esters is 1. The van der Waals surface area contributed by atoms with Gasteiger partial charge in [-0.05, 0) is 62.4 Å². The summed E-state index contributed by atoms with van der Waals surface area (Å²) in [6.07, 6.45) is 4.58. The Balaban J connectivity index is 1.34. The number of thiophene rings is 1.